The Bertz CT molecular complexity index is 1360. The molecule has 0 spiro atoms. The van der Waals surface area contributed by atoms with Crippen LogP contribution in [0.15, 0.2) is 59.6 Å². The number of phenols is 1. The van der Waals surface area contributed by atoms with Crippen molar-refractivity contribution in [3.8, 4) is 5.75 Å². The van der Waals surface area contributed by atoms with Gasteiger partial charge in [-0.3, -0.25) is 24.2 Å². The minimum Gasteiger partial charge on any atom is -0.507 e. The van der Waals surface area contributed by atoms with Crippen molar-refractivity contribution in [3.63, 3.8) is 0 Å². The molecule has 6 N–H and O–H groups in total. The molecule has 0 aliphatic carbocycles. The van der Waals surface area contributed by atoms with Crippen molar-refractivity contribution in [2.24, 2.45) is 10.7 Å². The number of carbonyl (C=O) groups excluding carboxylic acids is 4. The van der Waals surface area contributed by atoms with Crippen LogP contribution in [0.25, 0.3) is 0 Å². The van der Waals surface area contributed by atoms with E-state index < -0.39 is 60.0 Å². The number of nitrogens with zero attached hydrogens (tertiary/aromatic N) is 3. The molecule has 4 amide bonds. The normalized spacial score (nSPS) is 21.6. The van der Waals surface area contributed by atoms with Crippen molar-refractivity contribution >= 4 is 29.3 Å². The zero-order chi connectivity index (χ0) is 31.3. The average molecular weight is 594 g/mol. The summed E-state index contributed by atoms with van der Waals surface area (Å²) in [6.07, 6.45) is -0.627. The van der Waals surface area contributed by atoms with E-state index in [1.54, 1.807) is 42.5 Å². The molecule has 2 heterocycles. The molecule has 2 aliphatic heterocycles. The molecule has 2 saturated heterocycles. The van der Waals surface area contributed by atoms with E-state index in [0.717, 1.165) is 0 Å². The lowest BCUT2D eigenvalue weighted by molar-refractivity contribution is -0.148. The van der Waals surface area contributed by atoms with E-state index in [0.29, 0.717) is 42.5 Å². The summed E-state index contributed by atoms with van der Waals surface area (Å²) >= 11 is 0. The van der Waals surface area contributed by atoms with E-state index in [1.165, 1.54) is 29.7 Å². The van der Waals surface area contributed by atoms with Crippen molar-refractivity contribution < 1.29 is 34.5 Å². The summed E-state index contributed by atoms with van der Waals surface area (Å²) in [5.74, 6) is -2.49. The first kappa shape index (κ1) is 31.6. The zero-order valence-electron chi connectivity index (χ0n) is 24.3. The van der Waals surface area contributed by atoms with E-state index in [9.17, 15) is 34.5 Å². The molecule has 0 radical (unpaired) electrons. The third kappa shape index (κ3) is 7.03. The third-order valence-corrected chi connectivity index (χ3v) is 7.93. The van der Waals surface area contributed by atoms with E-state index in [2.05, 4.69) is 10.3 Å². The summed E-state index contributed by atoms with van der Waals surface area (Å²) in [5, 5.41) is 33.7. The van der Waals surface area contributed by atoms with Crippen LogP contribution in [0.1, 0.15) is 50.7 Å². The number of benzene rings is 2. The Morgan fingerprint density at radius 1 is 0.884 bits per heavy atom. The third-order valence-electron chi connectivity index (χ3n) is 7.93. The summed E-state index contributed by atoms with van der Waals surface area (Å²) in [4.78, 5) is 60.0. The van der Waals surface area contributed by atoms with Gasteiger partial charge in [-0.25, -0.2) is 0 Å². The molecule has 2 aromatic carbocycles. The van der Waals surface area contributed by atoms with Gasteiger partial charge in [-0.2, -0.15) is 0 Å². The molecule has 0 saturated carbocycles. The number of phenolic OH excluding ortho intramolecular Hbond substituents is 1. The van der Waals surface area contributed by atoms with Gasteiger partial charge in [-0.15, -0.1) is 0 Å². The number of para-hydroxylation sites is 1. The van der Waals surface area contributed by atoms with Gasteiger partial charge >= 0.3 is 0 Å². The number of likely N-dealkylation sites (tertiary alicyclic amines) is 2. The molecule has 6 atom stereocenters. The van der Waals surface area contributed by atoms with Crippen molar-refractivity contribution in [2.75, 3.05) is 13.1 Å². The molecule has 0 aromatic heterocycles. The molecule has 2 fully saturated rings. The Hall–Kier alpha value is -4.29. The second kappa shape index (κ2) is 13.8. The van der Waals surface area contributed by atoms with Gasteiger partial charge in [0.15, 0.2) is 6.04 Å². The van der Waals surface area contributed by atoms with Gasteiger partial charge in [0.05, 0.1) is 17.9 Å². The maximum absolute atomic E-state index is 14.0. The Morgan fingerprint density at radius 3 is 2.09 bits per heavy atom. The van der Waals surface area contributed by atoms with E-state index in [1.807, 2.05) is 6.07 Å². The fourth-order valence-corrected chi connectivity index (χ4v) is 5.71. The number of nitrogens with two attached hydrogens (primary N) is 1. The van der Waals surface area contributed by atoms with Crippen molar-refractivity contribution in [1.29, 1.82) is 0 Å². The Labute approximate surface area is 250 Å². The lowest BCUT2D eigenvalue weighted by Gasteiger charge is -2.33. The van der Waals surface area contributed by atoms with Gasteiger partial charge in [-0.05, 0) is 51.7 Å². The van der Waals surface area contributed by atoms with E-state index in [-0.39, 0.29) is 18.8 Å². The standard InChI is InChI=1S/C31H39N5O7/c1-18(37)25(28(32)40)34-29(41)22-13-8-16-35(22)30(42)23-14-9-17-36(23)31(43)26(19(2)38)33-27(20-10-4-3-5-11-20)21-12-6-7-15-24(21)39/h3-7,10-12,15,18-19,22-23,25-26,37-39H,8-9,13-14,16-17H2,1-2H3,(H2,32,40)(H,34,41)/t18-,19-,22+,23+,25+,26+/m1/s1. The predicted molar refractivity (Wildman–Crippen MR) is 158 cm³/mol. The number of rotatable bonds is 10. The zero-order valence-corrected chi connectivity index (χ0v) is 24.3. The fourth-order valence-electron chi connectivity index (χ4n) is 5.71. The van der Waals surface area contributed by atoms with Crippen molar-refractivity contribution in [3.05, 3.63) is 65.7 Å². The molecule has 12 nitrogen and oxygen atoms in total. The SMILES string of the molecule is C[C@@H](O)[C@H](N=C(c1ccccc1)c1ccccc1O)C(=O)N1CCC[C@H]1C(=O)N1CCC[C@H]1C(=O)N[C@H](C(N)=O)[C@@H](C)O. The first-order valence-corrected chi connectivity index (χ1v) is 14.5. The maximum Gasteiger partial charge on any atom is 0.250 e. The average Bonchev–Trinajstić information content (AvgIpc) is 3.67. The number of carbonyl (C=O) groups is 4. The van der Waals surface area contributed by atoms with Crippen LogP contribution in [0.5, 0.6) is 5.75 Å². The summed E-state index contributed by atoms with van der Waals surface area (Å²) in [7, 11) is 0. The second-order valence-electron chi connectivity index (χ2n) is 11.1. The highest BCUT2D eigenvalue weighted by atomic mass is 16.3. The van der Waals surface area contributed by atoms with Crippen LogP contribution < -0.4 is 11.1 Å². The monoisotopic (exact) mass is 593 g/mol. The minimum absolute atomic E-state index is 0.0383. The van der Waals surface area contributed by atoms with Crippen LogP contribution in [-0.2, 0) is 19.2 Å². The second-order valence-corrected chi connectivity index (χ2v) is 11.1. The number of amides is 4. The summed E-state index contributed by atoms with van der Waals surface area (Å²) < 4.78 is 0. The number of aliphatic hydroxyl groups is 2. The number of nitrogens with one attached hydrogen (secondary N) is 1. The number of hydrogen-bond acceptors (Lipinski definition) is 8. The molecule has 0 bridgehead atoms. The minimum atomic E-state index is -1.30. The molecule has 0 unspecified atom stereocenters. The van der Waals surface area contributed by atoms with Gasteiger partial charge in [-0.1, -0.05) is 42.5 Å². The quantitative estimate of drug-likeness (QED) is 0.245. The molecule has 230 valence electrons. The Morgan fingerprint density at radius 2 is 1.49 bits per heavy atom. The lowest BCUT2D eigenvalue weighted by atomic mass is 10.00. The van der Waals surface area contributed by atoms with Crippen molar-refractivity contribution in [1.82, 2.24) is 15.1 Å². The van der Waals surface area contributed by atoms with E-state index >= 15 is 0 Å². The van der Waals surface area contributed by atoms with Crippen LogP contribution in [0.3, 0.4) is 0 Å². The summed E-state index contributed by atoms with van der Waals surface area (Å²) in [6, 6.07) is 11.3. The van der Waals surface area contributed by atoms with Crippen LogP contribution in [0.2, 0.25) is 0 Å². The highest BCUT2D eigenvalue weighted by Gasteiger charge is 2.44. The lowest BCUT2D eigenvalue weighted by Crippen LogP contribution is -2.58. The van der Waals surface area contributed by atoms with Crippen LogP contribution in [-0.4, -0.2) is 104 Å². The summed E-state index contributed by atoms with van der Waals surface area (Å²) in [5.41, 5.74) is 6.66. The number of aromatic hydroxyl groups is 1. The fraction of sp³-hybridized carbons (Fsp3) is 0.452. The number of primary amides is 1. The molecule has 2 aliphatic rings. The van der Waals surface area contributed by atoms with E-state index in [4.69, 9.17) is 5.73 Å². The van der Waals surface area contributed by atoms with Crippen LogP contribution in [0, 0.1) is 0 Å². The highest BCUT2D eigenvalue weighted by molar-refractivity contribution is 6.15. The van der Waals surface area contributed by atoms with Gasteiger partial charge in [0, 0.05) is 24.2 Å². The maximum atomic E-state index is 14.0. The number of hydrogen-bond donors (Lipinski definition) is 5. The highest BCUT2D eigenvalue weighted by Crippen LogP contribution is 2.28. The summed E-state index contributed by atoms with van der Waals surface area (Å²) in [6.45, 7) is 3.33. The Balaban J connectivity index is 1.60. The van der Waals surface area contributed by atoms with Gasteiger partial charge in [0.2, 0.25) is 17.7 Å². The molecule has 43 heavy (non-hydrogen) atoms. The first-order valence-electron chi connectivity index (χ1n) is 14.5. The van der Waals surface area contributed by atoms with Crippen LogP contribution >= 0.6 is 0 Å². The number of aliphatic imine (C=N–C) groups is 1. The molecule has 4 rings (SSSR count). The van der Waals surface area contributed by atoms with Gasteiger partial charge in [0.25, 0.3) is 5.91 Å². The molecular formula is C31H39N5O7. The smallest absolute Gasteiger partial charge is 0.250 e. The van der Waals surface area contributed by atoms with Crippen LogP contribution in [0.4, 0.5) is 0 Å². The first-order chi connectivity index (χ1) is 20.5. The molecule has 12 heteroatoms. The largest absolute Gasteiger partial charge is 0.507 e. The predicted octanol–water partition coefficient (Wildman–Crippen LogP) is 0.312. The molecule has 2 aromatic rings. The number of aliphatic hydroxyl groups excluding tert-OH is 2. The van der Waals surface area contributed by atoms with Gasteiger partial charge in [0.1, 0.15) is 23.9 Å². The Kier molecular flexibility index (Phi) is 10.1. The van der Waals surface area contributed by atoms with Crippen molar-refractivity contribution in [2.45, 2.75) is 75.9 Å². The topological polar surface area (TPSA) is 186 Å². The molecular weight excluding hydrogens is 554 g/mol. The van der Waals surface area contributed by atoms with Gasteiger partial charge < -0.3 is 36.2 Å².